The maximum Gasteiger partial charge on any atom is 0.229 e. The molecule has 0 saturated carbocycles. The van der Waals surface area contributed by atoms with E-state index in [0.717, 1.165) is 28.7 Å². The van der Waals surface area contributed by atoms with E-state index in [4.69, 9.17) is 0 Å². The number of amides is 2. The summed E-state index contributed by atoms with van der Waals surface area (Å²) in [5, 5.41) is 4.27. The molecule has 6 heteroatoms. The Bertz CT molecular complexity index is 478. The van der Waals surface area contributed by atoms with Crippen molar-refractivity contribution in [3.05, 3.63) is 15.9 Å². The van der Waals surface area contributed by atoms with E-state index in [1.54, 1.807) is 4.68 Å². The Labute approximate surface area is 114 Å². The normalized spacial score (nSPS) is 17.2. The maximum absolute atomic E-state index is 11.9. The maximum atomic E-state index is 11.9. The Morgan fingerprint density at radius 1 is 1.22 bits per heavy atom. The molecule has 1 aromatic rings. The van der Waals surface area contributed by atoms with Crippen LogP contribution in [0.3, 0.4) is 0 Å². The van der Waals surface area contributed by atoms with E-state index in [-0.39, 0.29) is 11.8 Å². The Hall–Kier alpha value is -1.17. The third-order valence-electron chi connectivity index (χ3n) is 3.20. The lowest BCUT2D eigenvalue weighted by atomic mass is 10.2. The van der Waals surface area contributed by atoms with Gasteiger partial charge in [-0.2, -0.15) is 5.10 Å². The van der Waals surface area contributed by atoms with Crippen molar-refractivity contribution in [2.75, 3.05) is 0 Å². The summed E-state index contributed by atoms with van der Waals surface area (Å²) in [7, 11) is 1.82. The Kier molecular flexibility index (Phi) is 3.85. The molecule has 0 radical (unpaired) electrons. The van der Waals surface area contributed by atoms with Gasteiger partial charge in [0, 0.05) is 19.9 Å². The third kappa shape index (κ3) is 2.48. The Morgan fingerprint density at radius 3 is 2.22 bits per heavy atom. The predicted octanol–water partition coefficient (Wildman–Crippen LogP) is 1.92. The van der Waals surface area contributed by atoms with Gasteiger partial charge in [0.25, 0.3) is 0 Å². The molecule has 0 bridgehead atoms. The van der Waals surface area contributed by atoms with Crippen LogP contribution in [0.2, 0.25) is 0 Å². The van der Waals surface area contributed by atoms with Gasteiger partial charge < -0.3 is 0 Å². The van der Waals surface area contributed by atoms with Gasteiger partial charge in [0.05, 0.1) is 22.4 Å². The van der Waals surface area contributed by atoms with Gasteiger partial charge in [-0.05, 0) is 35.7 Å². The van der Waals surface area contributed by atoms with Gasteiger partial charge in [-0.1, -0.05) is 0 Å². The number of aryl methyl sites for hydroxylation is 2. The topological polar surface area (TPSA) is 55.2 Å². The average Bonchev–Trinajstić information content (AvgIpc) is 2.47. The number of nitrogens with zero attached hydrogens (tertiary/aromatic N) is 3. The van der Waals surface area contributed by atoms with Crippen LogP contribution >= 0.6 is 15.9 Å². The SMILES string of the molecule is Cc1nn(C)c(CN2C(=O)CCCCC2=O)c1Br. The Balaban J connectivity index is 2.25. The number of likely N-dealkylation sites (tertiary alicyclic amines) is 1. The van der Waals surface area contributed by atoms with Crippen LogP contribution in [0.1, 0.15) is 37.1 Å². The standard InChI is InChI=1S/C12H16BrN3O2/c1-8-12(13)9(15(2)14-8)7-16-10(17)5-3-4-6-11(16)18/h3-7H2,1-2H3. The first-order chi connectivity index (χ1) is 8.50. The molecule has 1 aliphatic heterocycles. The third-order valence-corrected chi connectivity index (χ3v) is 4.23. The van der Waals surface area contributed by atoms with E-state index >= 15 is 0 Å². The molecule has 1 fully saturated rings. The van der Waals surface area contributed by atoms with E-state index in [9.17, 15) is 9.59 Å². The first kappa shape index (κ1) is 13.3. The highest BCUT2D eigenvalue weighted by molar-refractivity contribution is 9.10. The summed E-state index contributed by atoms with van der Waals surface area (Å²) < 4.78 is 2.58. The smallest absolute Gasteiger partial charge is 0.229 e. The van der Waals surface area contributed by atoms with Gasteiger partial charge in [-0.15, -0.1) is 0 Å². The first-order valence-electron chi connectivity index (χ1n) is 6.02. The molecule has 0 unspecified atom stereocenters. The number of carbonyl (C=O) groups is 2. The molecular weight excluding hydrogens is 298 g/mol. The minimum Gasteiger partial charge on any atom is -0.277 e. The summed E-state index contributed by atoms with van der Waals surface area (Å²) >= 11 is 3.45. The fourth-order valence-electron chi connectivity index (χ4n) is 2.14. The molecule has 18 heavy (non-hydrogen) atoms. The molecule has 1 aliphatic rings. The summed E-state index contributed by atoms with van der Waals surface area (Å²) in [6, 6.07) is 0. The molecule has 5 nitrogen and oxygen atoms in total. The summed E-state index contributed by atoms with van der Waals surface area (Å²) in [5.41, 5.74) is 1.72. The van der Waals surface area contributed by atoms with Crippen molar-refractivity contribution in [2.24, 2.45) is 7.05 Å². The highest BCUT2D eigenvalue weighted by Crippen LogP contribution is 2.23. The number of rotatable bonds is 2. The van der Waals surface area contributed by atoms with Gasteiger partial charge in [0.1, 0.15) is 0 Å². The van der Waals surface area contributed by atoms with Gasteiger partial charge in [-0.25, -0.2) is 0 Å². The summed E-state index contributed by atoms with van der Waals surface area (Å²) in [6.45, 7) is 2.19. The molecule has 1 saturated heterocycles. The zero-order chi connectivity index (χ0) is 13.3. The number of aromatic nitrogens is 2. The fourth-order valence-corrected chi connectivity index (χ4v) is 2.60. The highest BCUT2D eigenvalue weighted by Gasteiger charge is 2.26. The van der Waals surface area contributed by atoms with Crippen LogP contribution in [0.4, 0.5) is 0 Å². The monoisotopic (exact) mass is 313 g/mol. The second kappa shape index (κ2) is 5.22. The molecule has 0 aliphatic carbocycles. The van der Waals surface area contributed by atoms with Crippen molar-refractivity contribution in [2.45, 2.75) is 39.2 Å². The lowest BCUT2D eigenvalue weighted by Crippen LogP contribution is -2.35. The minimum atomic E-state index is -0.0803. The number of hydrogen-bond acceptors (Lipinski definition) is 3. The van der Waals surface area contributed by atoms with Crippen LogP contribution in [-0.4, -0.2) is 26.5 Å². The quantitative estimate of drug-likeness (QED) is 0.784. The molecule has 0 spiro atoms. The molecular formula is C12H16BrN3O2. The summed E-state index contributed by atoms with van der Waals surface area (Å²) in [4.78, 5) is 25.2. The first-order valence-corrected chi connectivity index (χ1v) is 6.81. The van der Waals surface area contributed by atoms with Crippen LogP contribution in [0.15, 0.2) is 4.47 Å². The number of carbonyl (C=O) groups excluding carboxylic acids is 2. The van der Waals surface area contributed by atoms with Crippen LogP contribution in [0.5, 0.6) is 0 Å². The largest absolute Gasteiger partial charge is 0.277 e. The van der Waals surface area contributed by atoms with Crippen LogP contribution in [0, 0.1) is 6.92 Å². The molecule has 98 valence electrons. The fraction of sp³-hybridized carbons (Fsp3) is 0.583. The van der Waals surface area contributed by atoms with Crippen LogP contribution in [0.25, 0.3) is 0 Å². The van der Waals surface area contributed by atoms with E-state index in [1.165, 1.54) is 4.90 Å². The van der Waals surface area contributed by atoms with Crippen molar-refractivity contribution in [3.63, 3.8) is 0 Å². The Morgan fingerprint density at radius 2 is 1.78 bits per heavy atom. The molecule has 2 heterocycles. The molecule has 0 N–H and O–H groups in total. The van der Waals surface area contributed by atoms with Crippen molar-refractivity contribution in [1.82, 2.24) is 14.7 Å². The number of halogens is 1. The van der Waals surface area contributed by atoms with Crippen LogP contribution in [-0.2, 0) is 23.2 Å². The zero-order valence-corrected chi connectivity index (χ0v) is 12.2. The molecule has 2 rings (SSSR count). The van der Waals surface area contributed by atoms with Crippen molar-refractivity contribution in [3.8, 4) is 0 Å². The van der Waals surface area contributed by atoms with Gasteiger partial charge in [0.2, 0.25) is 11.8 Å². The molecule has 2 amide bonds. The van der Waals surface area contributed by atoms with Crippen molar-refractivity contribution < 1.29 is 9.59 Å². The van der Waals surface area contributed by atoms with E-state index in [1.807, 2.05) is 14.0 Å². The van der Waals surface area contributed by atoms with Crippen molar-refractivity contribution in [1.29, 1.82) is 0 Å². The summed E-state index contributed by atoms with van der Waals surface area (Å²) in [5.74, 6) is -0.161. The summed E-state index contributed by atoms with van der Waals surface area (Å²) in [6.07, 6.45) is 2.51. The van der Waals surface area contributed by atoms with Gasteiger partial charge >= 0.3 is 0 Å². The van der Waals surface area contributed by atoms with Gasteiger partial charge in [0.15, 0.2) is 0 Å². The lowest BCUT2D eigenvalue weighted by Gasteiger charge is -2.18. The second-order valence-corrected chi connectivity index (χ2v) is 5.34. The van der Waals surface area contributed by atoms with Crippen LogP contribution < -0.4 is 0 Å². The number of hydrogen-bond donors (Lipinski definition) is 0. The van der Waals surface area contributed by atoms with Gasteiger partial charge in [-0.3, -0.25) is 19.2 Å². The highest BCUT2D eigenvalue weighted by atomic mass is 79.9. The minimum absolute atomic E-state index is 0.0803. The lowest BCUT2D eigenvalue weighted by molar-refractivity contribution is -0.144. The van der Waals surface area contributed by atoms with Crippen molar-refractivity contribution >= 4 is 27.7 Å². The molecule has 1 aromatic heterocycles. The predicted molar refractivity (Wildman–Crippen MR) is 69.7 cm³/mol. The second-order valence-electron chi connectivity index (χ2n) is 4.55. The zero-order valence-electron chi connectivity index (χ0n) is 10.6. The number of imide groups is 1. The van der Waals surface area contributed by atoms with E-state index < -0.39 is 0 Å². The average molecular weight is 314 g/mol. The molecule has 0 aromatic carbocycles. The van der Waals surface area contributed by atoms with E-state index in [0.29, 0.717) is 19.4 Å². The van der Waals surface area contributed by atoms with E-state index in [2.05, 4.69) is 21.0 Å². The molecule has 0 atom stereocenters.